The quantitative estimate of drug-likeness (QED) is 0.921. The van der Waals surface area contributed by atoms with Crippen LogP contribution in [0, 0.1) is 17.7 Å². The summed E-state index contributed by atoms with van der Waals surface area (Å²) < 4.78 is 12.9. The van der Waals surface area contributed by atoms with Crippen LogP contribution in [0.4, 0.5) is 4.39 Å². The highest BCUT2D eigenvalue weighted by Gasteiger charge is 2.30. The number of hydrogen-bond acceptors (Lipinski definition) is 2. The van der Waals surface area contributed by atoms with Gasteiger partial charge in [-0.25, -0.2) is 4.39 Å². The smallest absolute Gasteiger partial charge is 0.307 e. The molecule has 3 nitrogen and oxygen atoms in total. The first-order valence-corrected chi connectivity index (χ1v) is 7.16. The number of carboxylic acids is 1. The van der Waals surface area contributed by atoms with Crippen LogP contribution in [-0.4, -0.2) is 35.6 Å². The molecule has 0 spiro atoms. The van der Waals surface area contributed by atoms with Gasteiger partial charge in [0.15, 0.2) is 0 Å². The summed E-state index contributed by atoms with van der Waals surface area (Å²) in [6, 6.07) is 6.57. The topological polar surface area (TPSA) is 40.5 Å². The maximum absolute atomic E-state index is 12.9. The van der Waals surface area contributed by atoms with Crippen LogP contribution in [0.1, 0.15) is 31.7 Å². The van der Waals surface area contributed by atoms with Crippen molar-refractivity contribution in [3.8, 4) is 0 Å². The van der Waals surface area contributed by atoms with Gasteiger partial charge in [0.1, 0.15) is 5.82 Å². The van der Waals surface area contributed by atoms with E-state index in [-0.39, 0.29) is 17.7 Å². The fourth-order valence-electron chi connectivity index (χ4n) is 3.07. The van der Waals surface area contributed by atoms with Crippen LogP contribution >= 0.6 is 0 Å². The Morgan fingerprint density at radius 2 is 2.05 bits per heavy atom. The molecule has 0 radical (unpaired) electrons. The minimum atomic E-state index is -0.698. The van der Waals surface area contributed by atoms with Crippen molar-refractivity contribution in [2.24, 2.45) is 11.8 Å². The summed E-state index contributed by atoms with van der Waals surface area (Å²) in [5.74, 6) is -0.505. The van der Waals surface area contributed by atoms with E-state index in [0.717, 1.165) is 25.1 Å². The fourth-order valence-corrected chi connectivity index (χ4v) is 3.07. The monoisotopic (exact) mass is 279 g/mol. The van der Waals surface area contributed by atoms with Crippen LogP contribution in [0.5, 0.6) is 0 Å². The van der Waals surface area contributed by atoms with Gasteiger partial charge in [0.05, 0.1) is 5.92 Å². The van der Waals surface area contributed by atoms with Crippen LogP contribution in [0.2, 0.25) is 0 Å². The van der Waals surface area contributed by atoms with Gasteiger partial charge in [0.25, 0.3) is 0 Å². The number of hydrogen-bond donors (Lipinski definition) is 1. The molecular weight excluding hydrogens is 257 g/mol. The van der Waals surface area contributed by atoms with E-state index in [9.17, 15) is 14.3 Å². The highest BCUT2D eigenvalue weighted by Crippen LogP contribution is 2.25. The van der Waals surface area contributed by atoms with E-state index in [2.05, 4.69) is 18.7 Å². The first kappa shape index (κ1) is 15.0. The van der Waals surface area contributed by atoms with E-state index in [1.54, 1.807) is 0 Å². The highest BCUT2D eigenvalue weighted by atomic mass is 19.1. The number of rotatable bonds is 4. The lowest BCUT2D eigenvalue weighted by atomic mass is 9.89. The molecule has 1 heterocycles. The second-order valence-corrected chi connectivity index (χ2v) is 6.05. The predicted molar refractivity (Wildman–Crippen MR) is 76.2 cm³/mol. The number of carbonyl (C=O) groups is 1. The third-order valence-electron chi connectivity index (χ3n) is 4.06. The maximum Gasteiger partial charge on any atom is 0.307 e. The van der Waals surface area contributed by atoms with Crippen molar-refractivity contribution in [2.75, 3.05) is 19.6 Å². The molecule has 110 valence electrons. The average Bonchev–Trinajstić information content (AvgIpc) is 2.38. The van der Waals surface area contributed by atoms with Gasteiger partial charge in [-0.15, -0.1) is 0 Å². The van der Waals surface area contributed by atoms with Crippen LogP contribution in [0.25, 0.3) is 0 Å². The van der Waals surface area contributed by atoms with Gasteiger partial charge >= 0.3 is 5.97 Å². The largest absolute Gasteiger partial charge is 0.481 e. The van der Waals surface area contributed by atoms with Gasteiger partial charge in [0.2, 0.25) is 0 Å². The molecule has 0 bridgehead atoms. The van der Waals surface area contributed by atoms with Crippen LogP contribution in [-0.2, 0) is 4.79 Å². The highest BCUT2D eigenvalue weighted by molar-refractivity contribution is 5.70. The number of aliphatic carboxylic acids is 1. The summed E-state index contributed by atoms with van der Waals surface area (Å²) in [5.41, 5.74) is 1.09. The second kappa shape index (κ2) is 6.35. The molecule has 20 heavy (non-hydrogen) atoms. The second-order valence-electron chi connectivity index (χ2n) is 6.05. The summed E-state index contributed by atoms with van der Waals surface area (Å²) in [5, 5.41) is 9.19. The Hall–Kier alpha value is -1.42. The third-order valence-corrected chi connectivity index (χ3v) is 4.06. The summed E-state index contributed by atoms with van der Waals surface area (Å²) in [6.45, 7) is 6.58. The molecule has 3 atom stereocenters. The van der Waals surface area contributed by atoms with Crippen LogP contribution in [0.15, 0.2) is 24.3 Å². The van der Waals surface area contributed by atoms with Gasteiger partial charge in [0, 0.05) is 19.6 Å². The Kier molecular flexibility index (Phi) is 4.76. The normalized spacial score (nSPS) is 25.4. The van der Waals surface area contributed by atoms with Gasteiger partial charge in [-0.2, -0.15) is 0 Å². The Bertz CT molecular complexity index is 460. The molecule has 3 unspecified atom stereocenters. The van der Waals surface area contributed by atoms with Crippen molar-refractivity contribution < 1.29 is 14.3 Å². The standard InChI is InChI=1S/C16H22FNO2/c1-11-7-14(16(19)20)10-18(8-11)9-12(2)13-3-5-15(17)6-4-13/h3-6,11-12,14H,7-10H2,1-2H3,(H,19,20). The maximum atomic E-state index is 12.9. The van der Waals surface area contributed by atoms with Crippen LogP contribution in [0.3, 0.4) is 0 Å². The number of piperidine rings is 1. The van der Waals surface area contributed by atoms with Gasteiger partial charge in [-0.05, 0) is 36.0 Å². The lowest BCUT2D eigenvalue weighted by molar-refractivity contribution is -0.144. The lowest BCUT2D eigenvalue weighted by Crippen LogP contribution is -2.43. The van der Waals surface area contributed by atoms with E-state index in [1.165, 1.54) is 12.1 Å². The number of carboxylic acid groups (broad SMARTS) is 1. The number of likely N-dealkylation sites (tertiary alicyclic amines) is 1. The molecule has 0 aromatic heterocycles. The average molecular weight is 279 g/mol. The van der Waals surface area contributed by atoms with Crippen molar-refractivity contribution in [3.05, 3.63) is 35.6 Å². The molecule has 1 fully saturated rings. The number of benzene rings is 1. The zero-order valence-electron chi connectivity index (χ0n) is 12.1. The Labute approximate surface area is 119 Å². The Balaban J connectivity index is 1.97. The molecular formula is C16H22FNO2. The zero-order chi connectivity index (χ0) is 14.7. The van der Waals surface area contributed by atoms with E-state index < -0.39 is 5.97 Å². The Morgan fingerprint density at radius 3 is 2.65 bits per heavy atom. The minimum absolute atomic E-state index is 0.224. The van der Waals surface area contributed by atoms with Crippen molar-refractivity contribution >= 4 is 5.97 Å². The molecule has 1 aliphatic rings. The van der Waals surface area contributed by atoms with Crippen molar-refractivity contribution in [2.45, 2.75) is 26.2 Å². The fraction of sp³-hybridized carbons (Fsp3) is 0.562. The molecule has 0 saturated carbocycles. The molecule has 1 saturated heterocycles. The van der Waals surface area contributed by atoms with Crippen LogP contribution < -0.4 is 0 Å². The molecule has 0 amide bonds. The summed E-state index contributed by atoms with van der Waals surface area (Å²) in [7, 11) is 0. The number of halogens is 1. The van der Waals surface area contributed by atoms with Crippen molar-refractivity contribution in [3.63, 3.8) is 0 Å². The first-order valence-electron chi connectivity index (χ1n) is 7.16. The van der Waals surface area contributed by atoms with Gasteiger partial charge in [-0.1, -0.05) is 26.0 Å². The summed E-state index contributed by atoms with van der Waals surface area (Å²) in [6.07, 6.45) is 0.761. The van der Waals surface area contributed by atoms with E-state index in [0.29, 0.717) is 12.5 Å². The Morgan fingerprint density at radius 1 is 1.40 bits per heavy atom. The zero-order valence-corrected chi connectivity index (χ0v) is 12.1. The van der Waals surface area contributed by atoms with Gasteiger partial charge in [-0.3, -0.25) is 4.79 Å². The number of nitrogens with zero attached hydrogens (tertiary/aromatic N) is 1. The molecule has 1 aromatic rings. The van der Waals surface area contributed by atoms with E-state index in [4.69, 9.17) is 0 Å². The van der Waals surface area contributed by atoms with Crippen molar-refractivity contribution in [1.82, 2.24) is 4.90 Å². The lowest BCUT2D eigenvalue weighted by Gasteiger charge is -2.36. The SMILES string of the molecule is CC1CC(C(=O)O)CN(CC(C)c2ccc(F)cc2)C1. The van der Waals surface area contributed by atoms with Gasteiger partial charge < -0.3 is 10.0 Å². The molecule has 1 N–H and O–H groups in total. The molecule has 0 aliphatic carbocycles. The molecule has 2 rings (SSSR count). The van der Waals surface area contributed by atoms with E-state index in [1.807, 2.05) is 12.1 Å². The molecule has 1 aromatic carbocycles. The summed E-state index contributed by atoms with van der Waals surface area (Å²) >= 11 is 0. The minimum Gasteiger partial charge on any atom is -0.481 e. The molecule has 1 aliphatic heterocycles. The summed E-state index contributed by atoms with van der Waals surface area (Å²) in [4.78, 5) is 13.4. The third kappa shape index (κ3) is 3.79. The first-order chi connectivity index (χ1) is 9.45. The predicted octanol–water partition coefficient (Wildman–Crippen LogP) is 2.97. The molecule has 4 heteroatoms. The van der Waals surface area contributed by atoms with Crippen molar-refractivity contribution in [1.29, 1.82) is 0 Å². The van der Waals surface area contributed by atoms with E-state index >= 15 is 0 Å².